The fourth-order valence-corrected chi connectivity index (χ4v) is 2.99. The minimum Gasteiger partial charge on any atom is -0.468 e. The van der Waals surface area contributed by atoms with Gasteiger partial charge in [-0.05, 0) is 25.8 Å². The Labute approximate surface area is 118 Å². The fraction of sp³-hybridized carbons (Fsp3) is 0.938. The fourth-order valence-electron chi connectivity index (χ4n) is 2.99. The van der Waals surface area contributed by atoms with Crippen LogP contribution in [-0.2, 0) is 9.53 Å². The van der Waals surface area contributed by atoms with Crippen LogP contribution in [0.3, 0.4) is 0 Å². The van der Waals surface area contributed by atoms with Crippen LogP contribution in [0.4, 0.5) is 0 Å². The summed E-state index contributed by atoms with van der Waals surface area (Å²) in [7, 11) is 1.49. The third-order valence-electron chi connectivity index (χ3n) is 4.20. The maximum atomic E-state index is 11.5. The summed E-state index contributed by atoms with van der Waals surface area (Å²) in [5.74, 6) is -0.0853. The first-order chi connectivity index (χ1) is 9.27. The molecule has 1 aliphatic rings. The topological polar surface area (TPSA) is 29.5 Å². The summed E-state index contributed by atoms with van der Waals surface area (Å²) in [6.07, 6.45) is 13.0. The summed E-state index contributed by atoms with van der Waals surface area (Å²) in [5, 5.41) is 0. The van der Waals surface area contributed by atoms with Crippen molar-refractivity contribution in [3.63, 3.8) is 0 Å². The van der Waals surface area contributed by atoms with Crippen molar-refractivity contribution in [3.8, 4) is 0 Å². The van der Waals surface area contributed by atoms with Gasteiger partial charge < -0.3 is 4.74 Å². The molecule has 0 aliphatic heterocycles. The molecule has 1 saturated carbocycles. The third-order valence-corrected chi connectivity index (χ3v) is 4.20. The minimum absolute atomic E-state index is 0.0853. The van der Waals surface area contributed by atoms with Crippen molar-refractivity contribution in [1.29, 1.82) is 0 Å². The highest BCUT2D eigenvalue weighted by atomic mass is 16.5. The average Bonchev–Trinajstić information content (AvgIpc) is 2.95. The molecule has 1 fully saturated rings. The Morgan fingerprint density at radius 1 is 1.11 bits per heavy atom. The Balaban J connectivity index is 2.22. The molecular weight excluding hydrogens is 238 g/mol. The second-order valence-electron chi connectivity index (χ2n) is 5.75. The lowest BCUT2D eigenvalue weighted by molar-refractivity contribution is -0.142. The van der Waals surface area contributed by atoms with E-state index in [1.807, 2.05) is 0 Å². The van der Waals surface area contributed by atoms with Crippen LogP contribution in [0.25, 0.3) is 0 Å². The van der Waals surface area contributed by atoms with Gasteiger partial charge in [0.1, 0.15) is 0 Å². The number of unbranched alkanes of at least 4 members (excludes halogenated alkanes) is 5. The van der Waals surface area contributed by atoms with Crippen LogP contribution >= 0.6 is 0 Å². The van der Waals surface area contributed by atoms with E-state index < -0.39 is 0 Å². The van der Waals surface area contributed by atoms with Gasteiger partial charge in [0, 0.05) is 6.04 Å². The lowest BCUT2D eigenvalue weighted by atomic mass is 10.1. The Bertz CT molecular complexity index is 237. The minimum atomic E-state index is -0.0853. The third kappa shape index (κ3) is 6.95. The maximum absolute atomic E-state index is 11.5. The van der Waals surface area contributed by atoms with Gasteiger partial charge in [0.15, 0.2) is 0 Å². The van der Waals surface area contributed by atoms with E-state index in [-0.39, 0.29) is 5.97 Å². The normalized spacial score (nSPS) is 16.2. The zero-order valence-electron chi connectivity index (χ0n) is 12.8. The smallest absolute Gasteiger partial charge is 0.319 e. The molecule has 19 heavy (non-hydrogen) atoms. The lowest BCUT2D eigenvalue weighted by Crippen LogP contribution is -2.38. The van der Waals surface area contributed by atoms with Crippen LogP contribution in [-0.4, -0.2) is 37.1 Å². The van der Waals surface area contributed by atoms with Gasteiger partial charge in [-0.1, -0.05) is 51.9 Å². The number of nitrogens with zero attached hydrogens (tertiary/aromatic N) is 1. The first-order valence-electron chi connectivity index (χ1n) is 8.08. The Morgan fingerprint density at radius 2 is 1.74 bits per heavy atom. The molecule has 0 amide bonds. The van der Waals surface area contributed by atoms with Gasteiger partial charge in [-0.15, -0.1) is 0 Å². The van der Waals surface area contributed by atoms with Crippen molar-refractivity contribution in [2.45, 2.75) is 77.2 Å². The van der Waals surface area contributed by atoms with Crippen molar-refractivity contribution in [2.75, 3.05) is 20.2 Å². The summed E-state index contributed by atoms with van der Waals surface area (Å²) >= 11 is 0. The summed E-state index contributed by atoms with van der Waals surface area (Å²) < 4.78 is 4.82. The van der Waals surface area contributed by atoms with Crippen LogP contribution in [0.5, 0.6) is 0 Å². The van der Waals surface area contributed by atoms with Gasteiger partial charge in [-0.3, -0.25) is 9.69 Å². The molecule has 3 nitrogen and oxygen atoms in total. The second-order valence-corrected chi connectivity index (χ2v) is 5.75. The van der Waals surface area contributed by atoms with E-state index in [2.05, 4.69) is 11.8 Å². The molecule has 0 aromatic rings. The van der Waals surface area contributed by atoms with Crippen molar-refractivity contribution in [1.82, 2.24) is 4.90 Å². The van der Waals surface area contributed by atoms with Crippen LogP contribution < -0.4 is 0 Å². The number of hydrogen-bond acceptors (Lipinski definition) is 3. The van der Waals surface area contributed by atoms with Gasteiger partial charge >= 0.3 is 5.97 Å². The summed E-state index contributed by atoms with van der Waals surface area (Å²) in [5.41, 5.74) is 0. The number of methoxy groups -OCH3 is 1. The quantitative estimate of drug-likeness (QED) is 0.447. The predicted octanol–water partition coefficient (Wildman–Crippen LogP) is 3.76. The largest absolute Gasteiger partial charge is 0.468 e. The monoisotopic (exact) mass is 269 g/mol. The summed E-state index contributed by atoms with van der Waals surface area (Å²) in [4.78, 5) is 13.8. The highest BCUT2D eigenvalue weighted by Gasteiger charge is 2.24. The van der Waals surface area contributed by atoms with Crippen molar-refractivity contribution in [2.24, 2.45) is 0 Å². The number of rotatable bonds is 10. The molecule has 0 atom stereocenters. The van der Waals surface area contributed by atoms with E-state index >= 15 is 0 Å². The molecule has 0 aromatic carbocycles. The standard InChI is InChI=1S/C16H31NO2/c1-3-4-5-6-7-10-13-17(14-16(18)19-2)15-11-8-9-12-15/h15H,3-14H2,1-2H3. The van der Waals surface area contributed by atoms with Crippen LogP contribution in [0.15, 0.2) is 0 Å². The van der Waals surface area contributed by atoms with Crippen LogP contribution in [0.1, 0.15) is 71.1 Å². The van der Waals surface area contributed by atoms with Gasteiger partial charge in [-0.2, -0.15) is 0 Å². The van der Waals surface area contributed by atoms with E-state index in [0.717, 1.165) is 6.54 Å². The highest BCUT2D eigenvalue weighted by Crippen LogP contribution is 2.23. The Kier molecular flexibility index (Phi) is 8.89. The first-order valence-corrected chi connectivity index (χ1v) is 8.08. The highest BCUT2D eigenvalue weighted by molar-refractivity contribution is 5.71. The molecule has 0 spiro atoms. The second kappa shape index (κ2) is 10.2. The molecule has 0 bridgehead atoms. The molecule has 0 radical (unpaired) electrons. The molecule has 0 heterocycles. The SMILES string of the molecule is CCCCCCCCN(CC(=O)OC)C1CCCC1. The molecule has 0 saturated heterocycles. The molecule has 0 N–H and O–H groups in total. The Hall–Kier alpha value is -0.570. The first kappa shape index (κ1) is 16.5. The van der Waals surface area contributed by atoms with E-state index in [9.17, 15) is 4.79 Å². The van der Waals surface area contributed by atoms with Crippen molar-refractivity contribution in [3.05, 3.63) is 0 Å². The zero-order valence-corrected chi connectivity index (χ0v) is 12.8. The molecule has 1 aliphatic carbocycles. The van der Waals surface area contributed by atoms with E-state index in [1.54, 1.807) is 0 Å². The van der Waals surface area contributed by atoms with Crippen LogP contribution in [0.2, 0.25) is 0 Å². The molecule has 112 valence electrons. The zero-order chi connectivity index (χ0) is 13.9. The number of ether oxygens (including phenoxy) is 1. The van der Waals surface area contributed by atoms with E-state index in [0.29, 0.717) is 12.6 Å². The number of carbonyl (C=O) groups is 1. The molecular formula is C16H31NO2. The number of carbonyl (C=O) groups excluding carboxylic acids is 1. The lowest BCUT2D eigenvalue weighted by Gasteiger charge is -2.27. The number of esters is 1. The average molecular weight is 269 g/mol. The van der Waals surface area contributed by atoms with Gasteiger partial charge in [0.05, 0.1) is 13.7 Å². The Morgan fingerprint density at radius 3 is 2.37 bits per heavy atom. The molecule has 0 aromatic heterocycles. The van der Waals surface area contributed by atoms with E-state index in [1.165, 1.54) is 71.3 Å². The van der Waals surface area contributed by atoms with Crippen LogP contribution in [0, 0.1) is 0 Å². The molecule has 0 unspecified atom stereocenters. The maximum Gasteiger partial charge on any atom is 0.319 e. The van der Waals surface area contributed by atoms with Gasteiger partial charge in [0.25, 0.3) is 0 Å². The van der Waals surface area contributed by atoms with Crippen molar-refractivity contribution < 1.29 is 9.53 Å². The molecule has 3 heteroatoms. The van der Waals surface area contributed by atoms with Gasteiger partial charge in [0.2, 0.25) is 0 Å². The summed E-state index contributed by atoms with van der Waals surface area (Å²) in [6, 6.07) is 0.620. The predicted molar refractivity (Wildman–Crippen MR) is 79.2 cm³/mol. The molecule has 1 rings (SSSR count). The van der Waals surface area contributed by atoms with Gasteiger partial charge in [-0.25, -0.2) is 0 Å². The summed E-state index contributed by atoms with van der Waals surface area (Å²) in [6.45, 7) is 3.79. The number of hydrogen-bond donors (Lipinski definition) is 0. The van der Waals surface area contributed by atoms with E-state index in [4.69, 9.17) is 4.74 Å². The van der Waals surface area contributed by atoms with Crippen molar-refractivity contribution >= 4 is 5.97 Å².